The van der Waals surface area contributed by atoms with Gasteiger partial charge in [0, 0.05) is 22.9 Å². The second-order valence-electron chi connectivity index (χ2n) is 9.91. The molecule has 1 aliphatic rings. The van der Waals surface area contributed by atoms with Gasteiger partial charge in [0.1, 0.15) is 19.0 Å². The number of anilines is 1. The van der Waals surface area contributed by atoms with Gasteiger partial charge < -0.3 is 9.47 Å². The topological polar surface area (TPSA) is 117 Å². The van der Waals surface area contributed by atoms with Crippen molar-refractivity contribution in [1.29, 1.82) is 0 Å². The number of benzene rings is 3. The molecular formula is C32H26ClN5O5S. The van der Waals surface area contributed by atoms with Gasteiger partial charge in [-0.05, 0) is 36.4 Å². The number of halogens is 1. The van der Waals surface area contributed by atoms with E-state index < -0.39 is 35.5 Å². The Morgan fingerprint density at radius 2 is 1.48 bits per heavy atom. The summed E-state index contributed by atoms with van der Waals surface area (Å²) in [6, 6.07) is 26.7. The molecule has 222 valence electrons. The van der Waals surface area contributed by atoms with Crippen molar-refractivity contribution in [3.8, 4) is 0 Å². The molecule has 5 aromatic rings. The van der Waals surface area contributed by atoms with Crippen LogP contribution in [0.1, 0.15) is 33.9 Å². The summed E-state index contributed by atoms with van der Waals surface area (Å²) in [6.07, 6.45) is 1.52. The van der Waals surface area contributed by atoms with E-state index in [0.717, 1.165) is 9.80 Å². The maximum atomic E-state index is 13.9. The molecule has 10 nitrogen and oxygen atoms in total. The number of carbonyl (C=O) groups is 3. The molecule has 12 heteroatoms. The molecule has 2 aromatic heterocycles. The highest BCUT2D eigenvalue weighted by atomic mass is 35.5. The first kappa shape index (κ1) is 29.5. The number of hydrogen-bond donors (Lipinski definition) is 0. The van der Waals surface area contributed by atoms with Gasteiger partial charge in [0.15, 0.2) is 23.2 Å². The molecule has 6 rings (SSSR count). The van der Waals surface area contributed by atoms with Crippen LogP contribution in [0.5, 0.6) is 0 Å². The van der Waals surface area contributed by atoms with Crippen LogP contribution in [0.3, 0.4) is 0 Å². The molecule has 0 aliphatic carbocycles. The highest BCUT2D eigenvalue weighted by Crippen LogP contribution is 2.44. The fourth-order valence-electron chi connectivity index (χ4n) is 4.93. The summed E-state index contributed by atoms with van der Waals surface area (Å²) in [7, 11) is 0. The summed E-state index contributed by atoms with van der Waals surface area (Å²) in [5.74, 6) is -1.54. The van der Waals surface area contributed by atoms with Gasteiger partial charge in [-0.2, -0.15) is 0 Å². The standard InChI is InChI=1S/C32H26ClN5O5S/c1-20(39)42-17-24-25(33)27(44-23-15-9-4-10-16-23)32(43-24)37-19-36-26-28(37)34-18-35-29(26)38(30(40)21-11-5-2-6-12-21)31(41)22-13-7-3-8-14-22/h2-16,18-19,24-25,27,32H,17H2,1H3/t24-,25+,27-,32-/m1/s1. The number of carbonyl (C=O) groups excluding carboxylic acids is 3. The molecular weight excluding hydrogens is 602 g/mol. The Morgan fingerprint density at radius 3 is 2.07 bits per heavy atom. The number of nitrogens with zero attached hydrogens (tertiary/aromatic N) is 5. The number of aromatic nitrogens is 4. The fourth-order valence-corrected chi connectivity index (χ4v) is 6.58. The molecule has 0 spiro atoms. The van der Waals surface area contributed by atoms with Crippen molar-refractivity contribution >= 4 is 58.1 Å². The Morgan fingerprint density at radius 1 is 0.886 bits per heavy atom. The highest BCUT2D eigenvalue weighted by molar-refractivity contribution is 8.00. The molecule has 0 radical (unpaired) electrons. The van der Waals surface area contributed by atoms with Crippen LogP contribution in [-0.2, 0) is 14.3 Å². The summed E-state index contributed by atoms with van der Waals surface area (Å²) in [5, 5.41) is -0.887. The Bertz CT molecular complexity index is 1740. The number of alkyl halides is 1. The molecule has 1 fully saturated rings. The molecule has 0 bridgehead atoms. The Balaban J connectivity index is 1.42. The number of imide groups is 1. The third-order valence-electron chi connectivity index (χ3n) is 7.00. The van der Waals surface area contributed by atoms with Crippen molar-refractivity contribution in [1.82, 2.24) is 19.5 Å². The third-order valence-corrected chi connectivity index (χ3v) is 9.05. The molecule has 3 heterocycles. The van der Waals surface area contributed by atoms with E-state index in [1.54, 1.807) is 65.2 Å². The number of fused-ring (bicyclic) bond motifs is 1. The van der Waals surface area contributed by atoms with Gasteiger partial charge in [0.2, 0.25) is 0 Å². The number of imidazole rings is 1. The summed E-state index contributed by atoms with van der Waals surface area (Å²) >= 11 is 8.46. The van der Waals surface area contributed by atoms with Gasteiger partial charge in [-0.15, -0.1) is 23.4 Å². The molecule has 0 unspecified atom stereocenters. The van der Waals surface area contributed by atoms with E-state index in [-0.39, 0.29) is 23.2 Å². The molecule has 1 aliphatic heterocycles. The molecule has 0 saturated carbocycles. The highest BCUT2D eigenvalue weighted by Gasteiger charge is 2.46. The Hall–Kier alpha value is -4.58. The maximum Gasteiger partial charge on any atom is 0.302 e. The molecule has 4 atom stereocenters. The second kappa shape index (κ2) is 13.0. The predicted octanol–water partition coefficient (Wildman–Crippen LogP) is 5.54. The van der Waals surface area contributed by atoms with Crippen LogP contribution in [0.4, 0.5) is 5.82 Å². The first-order valence-corrected chi connectivity index (χ1v) is 15.0. The monoisotopic (exact) mass is 627 g/mol. The molecule has 2 amide bonds. The molecule has 3 aromatic carbocycles. The normalized spacial score (nSPS) is 19.5. The van der Waals surface area contributed by atoms with E-state index in [1.807, 2.05) is 30.3 Å². The van der Waals surface area contributed by atoms with Gasteiger partial charge in [-0.3, -0.25) is 19.0 Å². The van der Waals surface area contributed by atoms with Gasteiger partial charge >= 0.3 is 5.97 Å². The third kappa shape index (κ3) is 5.94. The zero-order chi connectivity index (χ0) is 30.6. The maximum absolute atomic E-state index is 13.9. The van der Waals surface area contributed by atoms with E-state index in [1.165, 1.54) is 31.3 Å². The van der Waals surface area contributed by atoms with E-state index in [0.29, 0.717) is 16.8 Å². The van der Waals surface area contributed by atoms with Gasteiger partial charge in [-0.1, -0.05) is 54.6 Å². The van der Waals surface area contributed by atoms with Gasteiger partial charge in [0.05, 0.1) is 17.0 Å². The summed E-state index contributed by atoms with van der Waals surface area (Å²) < 4.78 is 13.3. The lowest BCUT2D eigenvalue weighted by Gasteiger charge is -2.22. The number of amides is 2. The molecule has 0 N–H and O–H groups in total. The smallest absolute Gasteiger partial charge is 0.302 e. The van der Waals surface area contributed by atoms with Gasteiger partial charge in [0.25, 0.3) is 11.8 Å². The zero-order valence-corrected chi connectivity index (χ0v) is 25.0. The van der Waals surface area contributed by atoms with Crippen molar-refractivity contribution in [2.45, 2.75) is 34.8 Å². The number of ether oxygens (including phenoxy) is 2. The minimum Gasteiger partial charge on any atom is -0.463 e. The number of rotatable bonds is 8. The van der Waals surface area contributed by atoms with Crippen LogP contribution >= 0.6 is 23.4 Å². The summed E-state index contributed by atoms with van der Waals surface area (Å²) in [5.41, 5.74) is 1.17. The van der Waals surface area contributed by atoms with Crippen molar-refractivity contribution in [3.05, 3.63) is 115 Å². The van der Waals surface area contributed by atoms with Crippen LogP contribution in [0.25, 0.3) is 11.2 Å². The summed E-state index contributed by atoms with van der Waals surface area (Å²) in [4.78, 5) is 54.7. The Labute approximate surface area is 262 Å². The minimum absolute atomic E-state index is 0.0242. The first-order valence-electron chi connectivity index (χ1n) is 13.7. The van der Waals surface area contributed by atoms with E-state index >= 15 is 0 Å². The van der Waals surface area contributed by atoms with Gasteiger partial charge in [-0.25, -0.2) is 19.9 Å². The average Bonchev–Trinajstić information content (AvgIpc) is 3.62. The minimum atomic E-state index is -0.681. The lowest BCUT2D eigenvalue weighted by molar-refractivity contribution is -0.145. The molecule has 1 saturated heterocycles. The van der Waals surface area contributed by atoms with E-state index in [9.17, 15) is 14.4 Å². The van der Waals surface area contributed by atoms with Crippen molar-refractivity contribution in [2.75, 3.05) is 11.5 Å². The average molecular weight is 628 g/mol. The molecule has 44 heavy (non-hydrogen) atoms. The van der Waals surface area contributed by atoms with Crippen molar-refractivity contribution < 1.29 is 23.9 Å². The van der Waals surface area contributed by atoms with E-state index in [4.69, 9.17) is 21.1 Å². The van der Waals surface area contributed by atoms with Crippen LogP contribution in [0.2, 0.25) is 0 Å². The fraction of sp³-hybridized carbons (Fsp3) is 0.188. The largest absolute Gasteiger partial charge is 0.463 e. The predicted molar refractivity (Wildman–Crippen MR) is 166 cm³/mol. The van der Waals surface area contributed by atoms with Crippen LogP contribution in [0.15, 0.2) is 109 Å². The lowest BCUT2D eigenvalue weighted by Crippen LogP contribution is -2.38. The number of esters is 1. The van der Waals surface area contributed by atoms with Crippen LogP contribution in [0, 0.1) is 0 Å². The van der Waals surface area contributed by atoms with Crippen molar-refractivity contribution in [3.63, 3.8) is 0 Å². The quantitative estimate of drug-likeness (QED) is 0.124. The number of thioether (sulfide) groups is 1. The SMILES string of the molecule is CC(=O)OC[C@H]1O[C@@H](n2cnc3c(N(C(=O)c4ccccc4)C(=O)c4ccccc4)ncnc32)[C@H](Sc2ccccc2)[C@H]1Cl. The van der Waals surface area contributed by atoms with Crippen LogP contribution < -0.4 is 4.90 Å². The van der Waals surface area contributed by atoms with E-state index in [2.05, 4.69) is 15.0 Å². The number of hydrogen-bond acceptors (Lipinski definition) is 9. The zero-order valence-electron chi connectivity index (χ0n) is 23.4. The first-order chi connectivity index (χ1) is 21.4. The Kier molecular flexibility index (Phi) is 8.69. The van der Waals surface area contributed by atoms with Crippen LogP contribution in [-0.4, -0.2) is 60.6 Å². The lowest BCUT2D eigenvalue weighted by atomic mass is 10.1. The summed E-state index contributed by atoms with van der Waals surface area (Å²) in [6.45, 7) is 1.30. The van der Waals surface area contributed by atoms with Crippen molar-refractivity contribution in [2.24, 2.45) is 0 Å². The second-order valence-corrected chi connectivity index (χ2v) is 11.7.